The van der Waals surface area contributed by atoms with Crippen LogP contribution in [0.15, 0.2) is 10.3 Å². The van der Waals surface area contributed by atoms with E-state index in [2.05, 4.69) is 4.72 Å². The maximum Gasteiger partial charge on any atom is 0.300 e. The van der Waals surface area contributed by atoms with Crippen molar-refractivity contribution in [3.8, 4) is 0 Å². The third kappa shape index (κ3) is 3.06. The summed E-state index contributed by atoms with van der Waals surface area (Å²) >= 11 is 6.32. The number of nitrogens with zero attached hydrogens (tertiary/aromatic N) is 1. The van der Waals surface area contributed by atoms with Crippen molar-refractivity contribution in [3.63, 3.8) is 0 Å². The molecule has 106 valence electrons. The molecule has 0 aromatic carbocycles. The molecule has 10 heteroatoms. The summed E-state index contributed by atoms with van der Waals surface area (Å²) in [5.74, 6) is 0. The van der Waals surface area contributed by atoms with Crippen molar-refractivity contribution >= 4 is 38.6 Å². The number of thiophene rings is 1. The molecule has 1 aromatic heterocycles. The van der Waals surface area contributed by atoms with Crippen LogP contribution in [-0.2, 0) is 14.8 Å². The van der Waals surface area contributed by atoms with Crippen molar-refractivity contribution in [2.24, 2.45) is 0 Å². The largest absolute Gasteiger partial charge is 0.377 e. The van der Waals surface area contributed by atoms with Gasteiger partial charge in [0.1, 0.15) is 4.21 Å². The standard InChI is InChI=1S/C9H11ClN2O5S2/c1-5-6(2-3-17-5)11-19(15,16)8-4-7(12(13)14)9(10)18-8/h4-6,11H,2-3H2,1H3. The quantitative estimate of drug-likeness (QED) is 0.671. The van der Waals surface area contributed by atoms with Crippen molar-refractivity contribution < 1.29 is 18.1 Å². The van der Waals surface area contributed by atoms with Crippen LogP contribution in [0.2, 0.25) is 4.34 Å². The van der Waals surface area contributed by atoms with Crippen LogP contribution in [-0.4, -0.2) is 32.1 Å². The Morgan fingerprint density at radius 2 is 2.32 bits per heavy atom. The monoisotopic (exact) mass is 326 g/mol. The smallest absolute Gasteiger partial charge is 0.300 e. The summed E-state index contributed by atoms with van der Waals surface area (Å²) in [6.45, 7) is 2.25. The molecule has 0 bridgehead atoms. The summed E-state index contributed by atoms with van der Waals surface area (Å²) in [4.78, 5) is 9.94. The number of halogens is 1. The predicted molar refractivity (Wildman–Crippen MR) is 70.1 cm³/mol. The highest BCUT2D eigenvalue weighted by atomic mass is 35.5. The topological polar surface area (TPSA) is 98.5 Å². The fourth-order valence-corrected chi connectivity index (χ4v) is 4.76. The molecule has 2 heterocycles. The van der Waals surface area contributed by atoms with Crippen molar-refractivity contribution in [2.45, 2.75) is 29.7 Å². The maximum atomic E-state index is 12.1. The normalized spacial score (nSPS) is 23.7. The fraction of sp³-hybridized carbons (Fsp3) is 0.556. The van der Waals surface area contributed by atoms with E-state index in [1.807, 2.05) is 0 Å². The molecule has 1 aliphatic rings. The van der Waals surface area contributed by atoms with Gasteiger partial charge in [0.2, 0.25) is 0 Å². The number of nitrogens with one attached hydrogen (secondary N) is 1. The predicted octanol–water partition coefficient (Wildman–Crippen LogP) is 1.77. The van der Waals surface area contributed by atoms with Crippen LogP contribution < -0.4 is 4.72 Å². The minimum atomic E-state index is -3.81. The van der Waals surface area contributed by atoms with Gasteiger partial charge in [0.15, 0.2) is 4.34 Å². The van der Waals surface area contributed by atoms with Crippen LogP contribution in [0.25, 0.3) is 0 Å². The first-order valence-corrected chi connectivity index (χ1v) is 8.06. The SMILES string of the molecule is CC1OCCC1NS(=O)(=O)c1cc([N+](=O)[O-])c(Cl)s1. The Bertz CT molecular complexity index is 600. The summed E-state index contributed by atoms with van der Waals surface area (Å²) in [5, 5.41) is 10.7. The number of hydrogen-bond donors (Lipinski definition) is 1. The Hall–Kier alpha value is -0.740. The second-order valence-electron chi connectivity index (χ2n) is 4.07. The third-order valence-electron chi connectivity index (χ3n) is 2.79. The van der Waals surface area contributed by atoms with Crippen LogP contribution in [0, 0.1) is 10.1 Å². The molecule has 1 fully saturated rings. The Morgan fingerprint density at radius 3 is 2.79 bits per heavy atom. The van der Waals surface area contributed by atoms with Gasteiger partial charge in [0.25, 0.3) is 15.7 Å². The van der Waals surface area contributed by atoms with E-state index >= 15 is 0 Å². The van der Waals surface area contributed by atoms with Gasteiger partial charge >= 0.3 is 0 Å². The zero-order chi connectivity index (χ0) is 14.2. The zero-order valence-electron chi connectivity index (χ0n) is 9.83. The van der Waals surface area contributed by atoms with E-state index in [1.165, 1.54) is 0 Å². The second-order valence-corrected chi connectivity index (χ2v) is 7.67. The first-order chi connectivity index (χ1) is 8.81. The van der Waals surface area contributed by atoms with Crippen LogP contribution in [0.1, 0.15) is 13.3 Å². The molecule has 0 aliphatic carbocycles. The van der Waals surface area contributed by atoms with Gasteiger partial charge in [-0.15, -0.1) is 11.3 Å². The Kier molecular flexibility index (Phi) is 4.11. The van der Waals surface area contributed by atoms with E-state index in [4.69, 9.17) is 16.3 Å². The average Bonchev–Trinajstić information content (AvgIpc) is 2.86. The molecular weight excluding hydrogens is 316 g/mol. The van der Waals surface area contributed by atoms with Gasteiger partial charge in [-0.3, -0.25) is 10.1 Å². The zero-order valence-corrected chi connectivity index (χ0v) is 12.2. The molecule has 1 aliphatic heterocycles. The first-order valence-electron chi connectivity index (χ1n) is 5.39. The minimum Gasteiger partial charge on any atom is -0.377 e. The Morgan fingerprint density at radius 1 is 1.63 bits per heavy atom. The molecule has 19 heavy (non-hydrogen) atoms. The number of rotatable bonds is 4. The average molecular weight is 327 g/mol. The third-order valence-corrected chi connectivity index (χ3v) is 6.09. The summed E-state index contributed by atoms with van der Waals surface area (Å²) in [5.41, 5.74) is -0.400. The molecule has 0 spiro atoms. The molecule has 2 atom stereocenters. The minimum absolute atomic E-state index is 0.152. The lowest BCUT2D eigenvalue weighted by molar-refractivity contribution is -0.384. The molecule has 1 N–H and O–H groups in total. The molecule has 1 saturated heterocycles. The van der Waals surface area contributed by atoms with Gasteiger partial charge in [-0.25, -0.2) is 13.1 Å². The lowest BCUT2D eigenvalue weighted by Gasteiger charge is -2.14. The summed E-state index contributed by atoms with van der Waals surface area (Å²) in [6.07, 6.45) is 0.349. The van der Waals surface area contributed by atoms with E-state index < -0.39 is 20.6 Å². The summed E-state index contributed by atoms with van der Waals surface area (Å²) in [6, 6.07) is 0.639. The number of nitro groups is 1. The van der Waals surface area contributed by atoms with Gasteiger partial charge in [0.05, 0.1) is 17.1 Å². The van der Waals surface area contributed by atoms with E-state index in [0.29, 0.717) is 24.4 Å². The molecule has 7 nitrogen and oxygen atoms in total. The van der Waals surface area contributed by atoms with Crippen LogP contribution >= 0.6 is 22.9 Å². The first kappa shape index (κ1) is 14.7. The Labute approximate surface area is 118 Å². The van der Waals surface area contributed by atoms with E-state index in [0.717, 1.165) is 6.07 Å². The number of sulfonamides is 1. The van der Waals surface area contributed by atoms with Crippen molar-refractivity contribution in [1.29, 1.82) is 0 Å². The van der Waals surface area contributed by atoms with Gasteiger partial charge in [-0.2, -0.15) is 0 Å². The highest BCUT2D eigenvalue weighted by Gasteiger charge is 2.32. The fourth-order valence-electron chi connectivity index (χ4n) is 1.74. The highest BCUT2D eigenvalue weighted by Crippen LogP contribution is 2.36. The van der Waals surface area contributed by atoms with E-state index in [1.54, 1.807) is 6.92 Å². The maximum absolute atomic E-state index is 12.1. The van der Waals surface area contributed by atoms with Crippen LogP contribution in [0.3, 0.4) is 0 Å². The molecule has 2 rings (SSSR count). The van der Waals surface area contributed by atoms with Gasteiger partial charge in [-0.1, -0.05) is 11.6 Å². The number of ether oxygens (including phenoxy) is 1. The molecule has 0 amide bonds. The van der Waals surface area contributed by atoms with Gasteiger partial charge in [0, 0.05) is 12.7 Å². The molecule has 0 radical (unpaired) electrons. The molecule has 0 saturated carbocycles. The van der Waals surface area contributed by atoms with E-state index in [-0.39, 0.29) is 20.7 Å². The van der Waals surface area contributed by atoms with Crippen molar-refractivity contribution in [1.82, 2.24) is 4.72 Å². The summed E-state index contributed by atoms with van der Waals surface area (Å²) < 4.78 is 31.6. The highest BCUT2D eigenvalue weighted by molar-refractivity contribution is 7.91. The van der Waals surface area contributed by atoms with Gasteiger partial charge in [-0.05, 0) is 13.3 Å². The van der Waals surface area contributed by atoms with Crippen LogP contribution in [0.5, 0.6) is 0 Å². The number of hydrogen-bond acceptors (Lipinski definition) is 6. The summed E-state index contributed by atoms with van der Waals surface area (Å²) in [7, 11) is -3.81. The van der Waals surface area contributed by atoms with Gasteiger partial charge < -0.3 is 4.74 Å². The molecular formula is C9H11ClN2O5S2. The van der Waals surface area contributed by atoms with Crippen LogP contribution in [0.4, 0.5) is 5.69 Å². The molecule has 1 aromatic rings. The lowest BCUT2D eigenvalue weighted by atomic mass is 10.2. The Balaban J connectivity index is 2.24. The second kappa shape index (κ2) is 5.33. The van der Waals surface area contributed by atoms with Crippen molar-refractivity contribution in [3.05, 3.63) is 20.5 Å². The lowest BCUT2D eigenvalue weighted by Crippen LogP contribution is -2.38. The van der Waals surface area contributed by atoms with E-state index in [9.17, 15) is 18.5 Å². The molecule has 2 unspecified atom stereocenters. The van der Waals surface area contributed by atoms with Crippen molar-refractivity contribution in [2.75, 3.05) is 6.61 Å².